The molecule has 2 N–H and O–H groups in total. The van der Waals surface area contributed by atoms with E-state index in [1.54, 1.807) is 6.92 Å². The first-order valence-corrected chi connectivity index (χ1v) is 7.08. The van der Waals surface area contributed by atoms with Gasteiger partial charge in [0.05, 0.1) is 11.6 Å². The number of nitrogens with one attached hydrogen (secondary N) is 2. The number of aromatic nitrogens is 2. The topological polar surface area (TPSA) is 66.9 Å². The Morgan fingerprint density at radius 3 is 2.82 bits per heavy atom. The van der Waals surface area contributed by atoms with Gasteiger partial charge in [0.25, 0.3) is 5.56 Å². The highest BCUT2D eigenvalue weighted by atomic mass is 19.1. The largest absolute Gasteiger partial charge is 0.364 e. The van der Waals surface area contributed by atoms with Crippen LogP contribution in [0.1, 0.15) is 30.5 Å². The van der Waals surface area contributed by atoms with Crippen LogP contribution in [0.3, 0.4) is 0 Å². The molecule has 3 rings (SSSR count). The first-order chi connectivity index (χ1) is 10.5. The second kappa shape index (κ2) is 5.40. The molecule has 0 amide bonds. The first-order valence-electron chi connectivity index (χ1n) is 7.08. The summed E-state index contributed by atoms with van der Waals surface area (Å²) in [6, 6.07) is 2.76. The van der Waals surface area contributed by atoms with Crippen LogP contribution < -0.4 is 16.6 Å². The average Bonchev–Trinajstić information content (AvgIpc) is 2.49. The number of fused-ring (bicyclic) bond motifs is 1. The maximum Gasteiger partial charge on any atom is 0.329 e. The lowest BCUT2D eigenvalue weighted by atomic mass is 9.95. The van der Waals surface area contributed by atoms with Crippen molar-refractivity contribution in [3.63, 3.8) is 0 Å². The van der Waals surface area contributed by atoms with Gasteiger partial charge < -0.3 is 5.32 Å². The molecule has 0 bridgehead atoms. The number of H-pyrrole nitrogens is 1. The van der Waals surface area contributed by atoms with Crippen LogP contribution in [0.5, 0.6) is 0 Å². The standard InChI is InChI=1S/C15H15F2N3O2/c1-2-20-14(21)9-4-6-12(18-13(9)19-15(20)22)10-7-8(16)3-5-11(10)17/h3,5,7,12,18H,2,4,6H2,1H3,(H,19,22)/t12-/m1/s1. The molecule has 0 aliphatic carbocycles. The lowest BCUT2D eigenvalue weighted by molar-refractivity contribution is 0.548. The quantitative estimate of drug-likeness (QED) is 0.891. The number of halogens is 2. The summed E-state index contributed by atoms with van der Waals surface area (Å²) in [7, 11) is 0. The van der Waals surface area contributed by atoms with Gasteiger partial charge >= 0.3 is 5.69 Å². The molecular weight excluding hydrogens is 292 g/mol. The van der Waals surface area contributed by atoms with E-state index in [4.69, 9.17) is 0 Å². The van der Waals surface area contributed by atoms with Gasteiger partial charge in [-0.15, -0.1) is 0 Å². The molecule has 1 atom stereocenters. The van der Waals surface area contributed by atoms with Gasteiger partial charge in [-0.2, -0.15) is 0 Å². The zero-order valence-electron chi connectivity index (χ0n) is 12.0. The number of hydrogen-bond donors (Lipinski definition) is 2. The van der Waals surface area contributed by atoms with Crippen molar-refractivity contribution in [1.82, 2.24) is 9.55 Å². The third kappa shape index (κ3) is 2.32. The smallest absolute Gasteiger partial charge is 0.329 e. The molecule has 0 spiro atoms. The van der Waals surface area contributed by atoms with Crippen molar-refractivity contribution < 1.29 is 8.78 Å². The minimum Gasteiger partial charge on any atom is -0.364 e. The summed E-state index contributed by atoms with van der Waals surface area (Å²) < 4.78 is 28.3. The Hall–Kier alpha value is -2.44. The van der Waals surface area contributed by atoms with E-state index in [-0.39, 0.29) is 17.7 Å². The maximum absolute atomic E-state index is 13.9. The highest BCUT2D eigenvalue weighted by molar-refractivity contribution is 5.48. The van der Waals surface area contributed by atoms with Crippen LogP contribution in [0.2, 0.25) is 0 Å². The Balaban J connectivity index is 2.03. The fourth-order valence-corrected chi connectivity index (χ4v) is 2.80. The van der Waals surface area contributed by atoms with Crippen molar-refractivity contribution in [2.45, 2.75) is 32.4 Å². The van der Waals surface area contributed by atoms with Crippen molar-refractivity contribution in [2.24, 2.45) is 0 Å². The number of rotatable bonds is 2. The van der Waals surface area contributed by atoms with Gasteiger partial charge in [0, 0.05) is 12.1 Å². The van der Waals surface area contributed by atoms with Crippen LogP contribution in [-0.2, 0) is 13.0 Å². The van der Waals surface area contributed by atoms with Crippen molar-refractivity contribution in [3.8, 4) is 0 Å². The van der Waals surface area contributed by atoms with E-state index < -0.39 is 23.4 Å². The van der Waals surface area contributed by atoms with E-state index in [2.05, 4.69) is 10.3 Å². The summed E-state index contributed by atoms with van der Waals surface area (Å²) in [6.07, 6.45) is 0.830. The van der Waals surface area contributed by atoms with E-state index in [0.29, 0.717) is 24.2 Å². The van der Waals surface area contributed by atoms with Crippen LogP contribution in [0, 0.1) is 11.6 Å². The highest BCUT2D eigenvalue weighted by Gasteiger charge is 2.25. The Kier molecular flexibility index (Phi) is 3.56. The predicted molar refractivity (Wildman–Crippen MR) is 78.0 cm³/mol. The molecule has 0 radical (unpaired) electrons. The number of nitrogens with zero attached hydrogens (tertiary/aromatic N) is 1. The molecule has 0 fully saturated rings. The summed E-state index contributed by atoms with van der Waals surface area (Å²) in [5, 5.41) is 2.94. The minimum atomic E-state index is -0.529. The molecule has 0 unspecified atom stereocenters. The Labute approximate surface area is 124 Å². The molecule has 1 aromatic carbocycles. The second-order valence-corrected chi connectivity index (χ2v) is 5.23. The van der Waals surface area contributed by atoms with Gasteiger partial charge in [0.2, 0.25) is 0 Å². The average molecular weight is 307 g/mol. The van der Waals surface area contributed by atoms with Crippen LogP contribution in [0.25, 0.3) is 0 Å². The van der Waals surface area contributed by atoms with E-state index in [9.17, 15) is 18.4 Å². The molecule has 1 aliphatic heterocycles. The molecule has 2 heterocycles. The van der Waals surface area contributed by atoms with Crippen molar-refractivity contribution in [1.29, 1.82) is 0 Å². The van der Waals surface area contributed by atoms with Crippen LogP contribution >= 0.6 is 0 Å². The third-order valence-electron chi connectivity index (χ3n) is 3.93. The van der Waals surface area contributed by atoms with Crippen LogP contribution in [0.15, 0.2) is 27.8 Å². The Morgan fingerprint density at radius 2 is 2.09 bits per heavy atom. The maximum atomic E-state index is 13.9. The molecule has 5 nitrogen and oxygen atoms in total. The van der Waals surface area contributed by atoms with Gasteiger partial charge in [-0.25, -0.2) is 13.6 Å². The molecular formula is C15H15F2N3O2. The lowest BCUT2D eigenvalue weighted by Gasteiger charge is -2.27. The minimum absolute atomic E-state index is 0.186. The molecule has 7 heteroatoms. The fourth-order valence-electron chi connectivity index (χ4n) is 2.80. The van der Waals surface area contributed by atoms with E-state index in [1.165, 1.54) is 0 Å². The zero-order chi connectivity index (χ0) is 15.9. The van der Waals surface area contributed by atoms with Gasteiger partial charge in [-0.1, -0.05) is 0 Å². The Morgan fingerprint density at radius 1 is 1.32 bits per heavy atom. The lowest BCUT2D eigenvalue weighted by Crippen LogP contribution is -2.39. The molecule has 0 saturated heterocycles. The van der Waals surface area contributed by atoms with Crippen molar-refractivity contribution in [3.05, 3.63) is 61.8 Å². The van der Waals surface area contributed by atoms with Gasteiger partial charge in [0.1, 0.15) is 17.5 Å². The van der Waals surface area contributed by atoms with Gasteiger partial charge in [-0.05, 0) is 38.0 Å². The highest BCUT2D eigenvalue weighted by Crippen LogP contribution is 2.30. The van der Waals surface area contributed by atoms with Crippen LogP contribution in [-0.4, -0.2) is 9.55 Å². The molecule has 0 saturated carbocycles. The monoisotopic (exact) mass is 307 g/mol. The summed E-state index contributed by atoms with van der Waals surface area (Å²) >= 11 is 0. The van der Waals surface area contributed by atoms with Crippen LogP contribution in [0.4, 0.5) is 14.6 Å². The number of benzene rings is 1. The molecule has 2 aromatic rings. The first kappa shape index (κ1) is 14.5. The van der Waals surface area contributed by atoms with E-state index in [0.717, 1.165) is 22.8 Å². The van der Waals surface area contributed by atoms with E-state index in [1.807, 2.05) is 0 Å². The number of anilines is 1. The van der Waals surface area contributed by atoms with Crippen molar-refractivity contribution >= 4 is 5.82 Å². The molecule has 1 aliphatic rings. The second-order valence-electron chi connectivity index (χ2n) is 5.23. The number of hydrogen-bond acceptors (Lipinski definition) is 3. The Bertz CT molecular complexity index is 842. The molecule has 22 heavy (non-hydrogen) atoms. The summed E-state index contributed by atoms with van der Waals surface area (Å²) in [5.41, 5.74) is -0.202. The van der Waals surface area contributed by atoms with E-state index >= 15 is 0 Å². The molecule has 116 valence electrons. The number of aromatic amines is 1. The fraction of sp³-hybridized carbons (Fsp3) is 0.333. The summed E-state index contributed by atoms with van der Waals surface area (Å²) in [5.74, 6) is -0.759. The predicted octanol–water partition coefficient (Wildman–Crippen LogP) is 1.93. The van der Waals surface area contributed by atoms with Crippen molar-refractivity contribution in [2.75, 3.05) is 5.32 Å². The van der Waals surface area contributed by atoms with Gasteiger partial charge in [-0.3, -0.25) is 14.3 Å². The van der Waals surface area contributed by atoms with Gasteiger partial charge in [0.15, 0.2) is 0 Å². The zero-order valence-corrected chi connectivity index (χ0v) is 12.0. The summed E-state index contributed by atoms with van der Waals surface area (Å²) in [6.45, 7) is 1.99. The SMILES string of the molecule is CCn1c(=O)[nH]c2c(c1=O)CC[C@H](c1cc(F)ccc1F)N2. The molecule has 1 aromatic heterocycles. The summed E-state index contributed by atoms with van der Waals surface area (Å²) in [4.78, 5) is 26.6. The normalized spacial score (nSPS) is 17.0. The third-order valence-corrected chi connectivity index (χ3v) is 3.93.